The minimum Gasteiger partial charge on any atom is -0.335 e. The van der Waals surface area contributed by atoms with Crippen molar-refractivity contribution in [2.75, 3.05) is 6.54 Å². The maximum absolute atomic E-state index is 13.6. The molecule has 3 nitrogen and oxygen atoms in total. The van der Waals surface area contributed by atoms with Gasteiger partial charge in [-0.25, -0.2) is 0 Å². The lowest BCUT2D eigenvalue weighted by Crippen LogP contribution is -2.52. The highest BCUT2D eigenvalue weighted by atomic mass is 16.2. The summed E-state index contributed by atoms with van der Waals surface area (Å²) >= 11 is 0. The molecule has 1 saturated heterocycles. The smallest absolute Gasteiger partial charge is 0.256 e. The van der Waals surface area contributed by atoms with Gasteiger partial charge in [0.2, 0.25) is 0 Å². The second kappa shape index (κ2) is 7.38. The summed E-state index contributed by atoms with van der Waals surface area (Å²) in [6.07, 6.45) is 9.50. The summed E-state index contributed by atoms with van der Waals surface area (Å²) in [7, 11) is 0. The van der Waals surface area contributed by atoms with Crippen molar-refractivity contribution in [1.82, 2.24) is 9.88 Å². The standard InChI is InChI=1S/C25H26N2O/c28-25(23-17-26-16-19-10-4-5-11-20(19)23)27-15-14-21(18-8-2-1-3-9-18)22-12-6-7-13-24(22)27/h1-5,8-11,16-17,21-22,24H,6-7,12-15H2/t21-,22-,24-/m1/s1. The first-order valence-corrected chi connectivity index (χ1v) is 10.5. The number of aromatic nitrogens is 1. The number of benzene rings is 2. The molecule has 2 aromatic carbocycles. The van der Waals surface area contributed by atoms with Crippen molar-refractivity contribution in [1.29, 1.82) is 0 Å². The number of hydrogen-bond donors (Lipinski definition) is 0. The fourth-order valence-electron chi connectivity index (χ4n) is 5.46. The van der Waals surface area contributed by atoms with Crippen LogP contribution in [-0.2, 0) is 0 Å². The van der Waals surface area contributed by atoms with Crippen molar-refractivity contribution in [2.24, 2.45) is 5.92 Å². The van der Waals surface area contributed by atoms with E-state index in [0.29, 0.717) is 17.9 Å². The van der Waals surface area contributed by atoms with Gasteiger partial charge in [-0.2, -0.15) is 0 Å². The maximum Gasteiger partial charge on any atom is 0.256 e. The fraction of sp³-hybridized carbons (Fsp3) is 0.360. The zero-order valence-corrected chi connectivity index (χ0v) is 16.1. The molecular formula is C25H26N2O. The number of piperidine rings is 1. The van der Waals surface area contributed by atoms with Crippen LogP contribution < -0.4 is 0 Å². The van der Waals surface area contributed by atoms with E-state index in [1.165, 1.54) is 24.8 Å². The summed E-state index contributed by atoms with van der Waals surface area (Å²) in [5.74, 6) is 1.30. The Kier molecular flexibility index (Phi) is 4.59. The Hall–Kier alpha value is -2.68. The van der Waals surface area contributed by atoms with Crippen LogP contribution in [0.25, 0.3) is 10.8 Å². The van der Waals surface area contributed by atoms with Crippen LogP contribution in [0.15, 0.2) is 67.0 Å². The quantitative estimate of drug-likeness (QED) is 0.603. The van der Waals surface area contributed by atoms with E-state index in [0.717, 1.165) is 35.7 Å². The highest BCUT2D eigenvalue weighted by Gasteiger charge is 2.42. The van der Waals surface area contributed by atoms with Gasteiger partial charge in [-0.15, -0.1) is 0 Å². The molecule has 3 atom stereocenters. The lowest BCUT2D eigenvalue weighted by atomic mass is 9.69. The molecule has 0 N–H and O–H groups in total. The molecule has 2 heterocycles. The minimum atomic E-state index is 0.160. The van der Waals surface area contributed by atoms with E-state index in [-0.39, 0.29) is 5.91 Å². The Morgan fingerprint density at radius 3 is 2.57 bits per heavy atom. The summed E-state index contributed by atoms with van der Waals surface area (Å²) in [5, 5.41) is 2.05. The zero-order chi connectivity index (χ0) is 18.9. The molecule has 1 saturated carbocycles. The van der Waals surface area contributed by atoms with E-state index in [4.69, 9.17) is 0 Å². The van der Waals surface area contributed by atoms with E-state index in [1.807, 2.05) is 30.5 Å². The van der Waals surface area contributed by atoms with E-state index >= 15 is 0 Å². The van der Waals surface area contributed by atoms with Crippen LogP contribution >= 0.6 is 0 Å². The second-order valence-electron chi connectivity index (χ2n) is 8.23. The zero-order valence-electron chi connectivity index (χ0n) is 16.1. The molecule has 0 spiro atoms. The lowest BCUT2D eigenvalue weighted by molar-refractivity contribution is 0.0320. The maximum atomic E-state index is 13.6. The molecule has 28 heavy (non-hydrogen) atoms. The summed E-state index contributed by atoms with van der Waals surface area (Å²) in [4.78, 5) is 20.1. The molecule has 1 aliphatic carbocycles. The number of likely N-dealkylation sites (tertiary alicyclic amines) is 1. The third-order valence-electron chi connectivity index (χ3n) is 6.77. The molecular weight excluding hydrogens is 344 g/mol. The number of carbonyl (C=O) groups excluding carboxylic acids is 1. The molecule has 2 fully saturated rings. The molecule has 2 aliphatic rings. The highest BCUT2D eigenvalue weighted by molar-refractivity contribution is 6.06. The number of hydrogen-bond acceptors (Lipinski definition) is 2. The van der Waals surface area contributed by atoms with Crippen LogP contribution in [-0.4, -0.2) is 28.4 Å². The van der Waals surface area contributed by atoms with Gasteiger partial charge in [-0.1, -0.05) is 67.4 Å². The van der Waals surface area contributed by atoms with Gasteiger partial charge in [0.15, 0.2) is 0 Å². The molecule has 1 aliphatic heterocycles. The lowest BCUT2D eigenvalue weighted by Gasteiger charge is -2.48. The van der Waals surface area contributed by atoms with Crippen LogP contribution in [0.2, 0.25) is 0 Å². The molecule has 0 bridgehead atoms. The van der Waals surface area contributed by atoms with Crippen molar-refractivity contribution in [3.05, 3.63) is 78.1 Å². The molecule has 3 aromatic rings. The van der Waals surface area contributed by atoms with Gasteiger partial charge < -0.3 is 4.90 Å². The van der Waals surface area contributed by atoms with E-state index in [1.54, 1.807) is 6.20 Å². The second-order valence-corrected chi connectivity index (χ2v) is 8.23. The van der Waals surface area contributed by atoms with Crippen molar-refractivity contribution in [3.8, 4) is 0 Å². The van der Waals surface area contributed by atoms with Gasteiger partial charge in [0.1, 0.15) is 0 Å². The van der Waals surface area contributed by atoms with Crippen LogP contribution in [0.1, 0.15) is 53.9 Å². The first kappa shape index (κ1) is 17.4. The summed E-state index contributed by atoms with van der Waals surface area (Å²) in [6.45, 7) is 0.836. The van der Waals surface area contributed by atoms with Crippen molar-refractivity contribution >= 4 is 16.7 Å². The number of rotatable bonds is 2. The number of fused-ring (bicyclic) bond motifs is 2. The normalized spacial score (nSPS) is 24.7. The molecule has 1 amide bonds. The van der Waals surface area contributed by atoms with E-state index in [9.17, 15) is 4.79 Å². The van der Waals surface area contributed by atoms with Crippen LogP contribution in [0.4, 0.5) is 0 Å². The third-order valence-corrected chi connectivity index (χ3v) is 6.77. The third kappa shape index (κ3) is 2.99. The van der Waals surface area contributed by atoms with Gasteiger partial charge in [0.05, 0.1) is 5.56 Å². The minimum absolute atomic E-state index is 0.160. The molecule has 0 unspecified atom stereocenters. The largest absolute Gasteiger partial charge is 0.335 e. The number of carbonyl (C=O) groups is 1. The average molecular weight is 370 g/mol. The Bertz CT molecular complexity index is 979. The van der Waals surface area contributed by atoms with Gasteiger partial charge in [-0.05, 0) is 42.0 Å². The van der Waals surface area contributed by atoms with Gasteiger partial charge in [0, 0.05) is 30.4 Å². The Morgan fingerprint density at radius 1 is 0.893 bits per heavy atom. The van der Waals surface area contributed by atoms with Gasteiger partial charge in [-0.3, -0.25) is 9.78 Å². The van der Waals surface area contributed by atoms with Crippen molar-refractivity contribution < 1.29 is 4.79 Å². The van der Waals surface area contributed by atoms with Crippen molar-refractivity contribution in [2.45, 2.75) is 44.1 Å². The Morgan fingerprint density at radius 2 is 1.68 bits per heavy atom. The molecule has 1 aromatic heterocycles. The van der Waals surface area contributed by atoms with Crippen LogP contribution in [0.3, 0.4) is 0 Å². The van der Waals surface area contributed by atoms with Crippen molar-refractivity contribution in [3.63, 3.8) is 0 Å². The van der Waals surface area contributed by atoms with Crippen LogP contribution in [0, 0.1) is 5.92 Å². The Balaban J connectivity index is 1.48. The van der Waals surface area contributed by atoms with Gasteiger partial charge >= 0.3 is 0 Å². The van der Waals surface area contributed by atoms with Crippen LogP contribution in [0.5, 0.6) is 0 Å². The highest BCUT2D eigenvalue weighted by Crippen LogP contribution is 2.44. The predicted octanol–water partition coefficient (Wildman–Crippen LogP) is 5.42. The molecule has 142 valence electrons. The Labute approximate surface area is 166 Å². The van der Waals surface area contributed by atoms with Gasteiger partial charge in [0.25, 0.3) is 5.91 Å². The molecule has 0 radical (unpaired) electrons. The topological polar surface area (TPSA) is 33.2 Å². The molecule has 3 heteroatoms. The SMILES string of the molecule is O=C(c1cncc2ccccc12)N1CC[C@H](c2ccccc2)[C@H]2CCCC[C@H]21. The monoisotopic (exact) mass is 370 g/mol. The first-order chi connectivity index (χ1) is 13.8. The number of nitrogens with zero attached hydrogens (tertiary/aromatic N) is 2. The fourth-order valence-corrected chi connectivity index (χ4v) is 5.46. The number of pyridine rings is 1. The first-order valence-electron chi connectivity index (χ1n) is 10.5. The molecule has 5 rings (SSSR count). The van der Waals surface area contributed by atoms with E-state index in [2.05, 4.69) is 40.2 Å². The summed E-state index contributed by atoms with van der Waals surface area (Å²) in [5.41, 5.74) is 2.19. The average Bonchev–Trinajstić information content (AvgIpc) is 2.78. The number of amides is 1. The summed E-state index contributed by atoms with van der Waals surface area (Å²) in [6, 6.07) is 19.3. The van der Waals surface area contributed by atoms with E-state index < -0.39 is 0 Å². The summed E-state index contributed by atoms with van der Waals surface area (Å²) < 4.78 is 0. The predicted molar refractivity (Wildman–Crippen MR) is 112 cm³/mol.